The van der Waals surface area contributed by atoms with Gasteiger partial charge in [-0.15, -0.1) is 0 Å². The minimum atomic E-state index is -0.838. The van der Waals surface area contributed by atoms with Crippen molar-refractivity contribution < 1.29 is 19.5 Å². The molecular weight excluding hydrogens is 296 g/mol. The van der Waals surface area contributed by atoms with Crippen LogP contribution in [0.3, 0.4) is 0 Å². The number of nitrogens with one attached hydrogen (secondary N) is 1. The summed E-state index contributed by atoms with van der Waals surface area (Å²) in [6.07, 6.45) is 3.69. The molecule has 1 aliphatic rings. The maximum Gasteiger partial charge on any atom is 0.303 e. The molecule has 6 nitrogen and oxygen atoms in total. The van der Waals surface area contributed by atoms with E-state index in [2.05, 4.69) is 5.32 Å². The summed E-state index contributed by atoms with van der Waals surface area (Å²) in [7, 11) is 0. The molecule has 0 aromatic carbocycles. The molecule has 1 saturated heterocycles. The summed E-state index contributed by atoms with van der Waals surface area (Å²) in [4.78, 5) is 37.1. The number of carboxylic acid groups (broad SMARTS) is 1. The monoisotopic (exact) mass is 326 g/mol. The molecule has 23 heavy (non-hydrogen) atoms. The van der Waals surface area contributed by atoms with E-state index in [1.54, 1.807) is 11.8 Å². The van der Waals surface area contributed by atoms with Crippen molar-refractivity contribution in [1.82, 2.24) is 10.2 Å². The second kappa shape index (κ2) is 8.31. The fourth-order valence-electron chi connectivity index (χ4n) is 2.97. The van der Waals surface area contributed by atoms with Gasteiger partial charge < -0.3 is 15.3 Å². The van der Waals surface area contributed by atoms with Crippen molar-refractivity contribution in [2.75, 3.05) is 6.54 Å². The molecule has 0 aromatic heterocycles. The van der Waals surface area contributed by atoms with Crippen molar-refractivity contribution >= 4 is 17.8 Å². The van der Waals surface area contributed by atoms with Crippen LogP contribution in [-0.4, -0.2) is 46.4 Å². The molecule has 2 atom stereocenters. The summed E-state index contributed by atoms with van der Waals surface area (Å²) < 4.78 is 0. The summed E-state index contributed by atoms with van der Waals surface area (Å²) in [5.74, 6) is -1.07. The van der Waals surface area contributed by atoms with Crippen LogP contribution >= 0.6 is 0 Å². The highest BCUT2D eigenvalue weighted by Crippen LogP contribution is 2.22. The largest absolute Gasteiger partial charge is 0.481 e. The minimum absolute atomic E-state index is 0.0330. The van der Waals surface area contributed by atoms with Gasteiger partial charge in [0.15, 0.2) is 0 Å². The topological polar surface area (TPSA) is 86.7 Å². The van der Waals surface area contributed by atoms with Crippen molar-refractivity contribution in [2.24, 2.45) is 5.41 Å². The summed E-state index contributed by atoms with van der Waals surface area (Å²) in [6, 6.07) is -0.607. The zero-order valence-corrected chi connectivity index (χ0v) is 14.7. The molecule has 1 heterocycles. The van der Waals surface area contributed by atoms with E-state index in [0.29, 0.717) is 19.4 Å². The van der Waals surface area contributed by atoms with Crippen molar-refractivity contribution in [3.63, 3.8) is 0 Å². The van der Waals surface area contributed by atoms with Crippen LogP contribution in [0.1, 0.15) is 66.2 Å². The highest BCUT2D eigenvalue weighted by atomic mass is 16.4. The number of likely N-dealkylation sites (tertiary alicyclic amines) is 1. The van der Waals surface area contributed by atoms with Gasteiger partial charge in [-0.05, 0) is 38.0 Å². The molecule has 2 N–H and O–H groups in total. The predicted molar refractivity (Wildman–Crippen MR) is 87.9 cm³/mol. The third-order valence-corrected chi connectivity index (χ3v) is 4.04. The first-order chi connectivity index (χ1) is 10.6. The van der Waals surface area contributed by atoms with Crippen LogP contribution in [0.25, 0.3) is 0 Å². The lowest BCUT2D eigenvalue weighted by Crippen LogP contribution is -2.52. The van der Waals surface area contributed by atoms with Crippen LogP contribution in [0, 0.1) is 5.41 Å². The molecule has 1 rings (SSSR count). The van der Waals surface area contributed by atoms with E-state index in [-0.39, 0.29) is 29.7 Å². The summed E-state index contributed by atoms with van der Waals surface area (Å²) in [6.45, 7) is 8.28. The van der Waals surface area contributed by atoms with Gasteiger partial charge in [-0.25, -0.2) is 0 Å². The number of piperidine rings is 1. The number of rotatable bonds is 6. The highest BCUT2D eigenvalue weighted by molar-refractivity contribution is 5.87. The number of carboxylic acids is 1. The van der Waals surface area contributed by atoms with Crippen LogP contribution < -0.4 is 5.32 Å². The van der Waals surface area contributed by atoms with E-state index in [0.717, 1.165) is 19.3 Å². The van der Waals surface area contributed by atoms with Crippen LogP contribution in [-0.2, 0) is 14.4 Å². The standard InChI is InChI=1S/C17H30N2O4/c1-12(18-14(20)11-17(2,3)4)16(23)19-10-6-5-7-13(19)8-9-15(21)22/h12-13H,5-11H2,1-4H3,(H,18,20)(H,21,22). The Bertz CT molecular complexity index is 442. The number of hydrogen-bond donors (Lipinski definition) is 2. The maximum atomic E-state index is 12.6. The van der Waals surface area contributed by atoms with Crippen molar-refractivity contribution in [3.8, 4) is 0 Å². The Morgan fingerprint density at radius 3 is 2.48 bits per heavy atom. The number of carbonyl (C=O) groups excluding carboxylic acids is 2. The van der Waals surface area contributed by atoms with Crippen LogP contribution in [0.5, 0.6) is 0 Å². The molecular formula is C17H30N2O4. The van der Waals surface area contributed by atoms with Crippen molar-refractivity contribution in [2.45, 2.75) is 78.3 Å². The van der Waals surface area contributed by atoms with Gasteiger partial charge in [-0.2, -0.15) is 0 Å². The second-order valence-corrected chi connectivity index (χ2v) is 7.64. The highest BCUT2D eigenvalue weighted by Gasteiger charge is 2.30. The van der Waals surface area contributed by atoms with Crippen LogP contribution in [0.2, 0.25) is 0 Å². The lowest BCUT2D eigenvalue weighted by atomic mass is 9.92. The fraction of sp³-hybridized carbons (Fsp3) is 0.824. The van der Waals surface area contributed by atoms with Gasteiger partial charge in [0.1, 0.15) is 6.04 Å². The first kappa shape index (κ1) is 19.5. The normalized spacial score (nSPS) is 20.0. The number of carbonyl (C=O) groups is 3. The van der Waals surface area contributed by atoms with Gasteiger partial charge in [-0.1, -0.05) is 20.8 Å². The lowest BCUT2D eigenvalue weighted by molar-refractivity contribution is -0.141. The first-order valence-corrected chi connectivity index (χ1v) is 8.42. The van der Waals surface area contributed by atoms with E-state index >= 15 is 0 Å². The average Bonchev–Trinajstić information content (AvgIpc) is 2.42. The third kappa shape index (κ3) is 7.01. The zero-order valence-electron chi connectivity index (χ0n) is 14.7. The van der Waals surface area contributed by atoms with Gasteiger partial charge >= 0.3 is 5.97 Å². The Hall–Kier alpha value is -1.59. The summed E-state index contributed by atoms with van der Waals surface area (Å²) in [5, 5.41) is 11.6. The Morgan fingerprint density at radius 1 is 1.26 bits per heavy atom. The number of aliphatic carboxylic acids is 1. The Kier molecular flexibility index (Phi) is 7.03. The van der Waals surface area contributed by atoms with Gasteiger partial charge in [0.05, 0.1) is 0 Å². The van der Waals surface area contributed by atoms with E-state index in [4.69, 9.17) is 5.11 Å². The molecule has 0 aromatic rings. The van der Waals surface area contributed by atoms with E-state index in [1.165, 1.54) is 0 Å². The lowest BCUT2D eigenvalue weighted by Gasteiger charge is -2.37. The Balaban J connectivity index is 2.61. The Morgan fingerprint density at radius 2 is 1.91 bits per heavy atom. The molecule has 6 heteroatoms. The van der Waals surface area contributed by atoms with Gasteiger partial charge in [0.2, 0.25) is 11.8 Å². The SMILES string of the molecule is CC(NC(=O)CC(C)(C)C)C(=O)N1CCCCC1CCC(=O)O. The quantitative estimate of drug-likeness (QED) is 0.783. The molecule has 0 radical (unpaired) electrons. The summed E-state index contributed by atoms with van der Waals surface area (Å²) in [5.41, 5.74) is -0.123. The van der Waals surface area contributed by atoms with E-state index in [9.17, 15) is 14.4 Å². The van der Waals surface area contributed by atoms with Gasteiger partial charge in [0.25, 0.3) is 0 Å². The number of amides is 2. The first-order valence-electron chi connectivity index (χ1n) is 8.42. The van der Waals surface area contributed by atoms with Crippen molar-refractivity contribution in [1.29, 1.82) is 0 Å². The second-order valence-electron chi connectivity index (χ2n) is 7.64. The fourth-order valence-corrected chi connectivity index (χ4v) is 2.97. The zero-order chi connectivity index (χ0) is 17.6. The smallest absolute Gasteiger partial charge is 0.303 e. The number of hydrogen-bond acceptors (Lipinski definition) is 3. The summed E-state index contributed by atoms with van der Waals surface area (Å²) >= 11 is 0. The van der Waals surface area contributed by atoms with Crippen molar-refractivity contribution in [3.05, 3.63) is 0 Å². The minimum Gasteiger partial charge on any atom is -0.481 e. The van der Waals surface area contributed by atoms with Crippen LogP contribution in [0.15, 0.2) is 0 Å². The van der Waals surface area contributed by atoms with Crippen LogP contribution in [0.4, 0.5) is 0 Å². The average molecular weight is 326 g/mol. The molecule has 1 aliphatic heterocycles. The Labute approximate surface area is 138 Å². The predicted octanol–water partition coefficient (Wildman–Crippen LogP) is 2.17. The third-order valence-electron chi connectivity index (χ3n) is 4.04. The maximum absolute atomic E-state index is 12.6. The van der Waals surface area contributed by atoms with E-state index < -0.39 is 12.0 Å². The van der Waals surface area contributed by atoms with Gasteiger partial charge in [0, 0.05) is 25.4 Å². The molecule has 2 amide bonds. The molecule has 0 spiro atoms. The number of nitrogens with zero attached hydrogens (tertiary/aromatic N) is 1. The molecule has 0 saturated carbocycles. The molecule has 0 bridgehead atoms. The molecule has 2 unspecified atom stereocenters. The van der Waals surface area contributed by atoms with Gasteiger partial charge in [-0.3, -0.25) is 14.4 Å². The molecule has 132 valence electrons. The van der Waals surface area contributed by atoms with E-state index in [1.807, 2.05) is 20.8 Å². The molecule has 1 fully saturated rings. The molecule has 0 aliphatic carbocycles.